The lowest BCUT2D eigenvalue weighted by atomic mass is 10.0. The number of hydrogen-bond acceptors (Lipinski definition) is 4. The Morgan fingerprint density at radius 3 is 2.26 bits per heavy atom. The second-order valence-electron chi connectivity index (χ2n) is 6.55. The molecule has 3 aromatic rings. The minimum Gasteiger partial charge on any atom is -0.389 e. The highest BCUT2D eigenvalue weighted by Crippen LogP contribution is 2.25. The molecule has 0 amide bonds. The van der Waals surface area contributed by atoms with Crippen LogP contribution >= 0.6 is 0 Å². The summed E-state index contributed by atoms with van der Waals surface area (Å²) in [7, 11) is 0. The quantitative estimate of drug-likeness (QED) is 0.513. The Hall–Kier alpha value is -2.47. The van der Waals surface area contributed by atoms with Crippen LogP contribution in [0.4, 0.5) is 0 Å². The molecule has 0 radical (unpaired) electrons. The van der Waals surface area contributed by atoms with Crippen LogP contribution in [0.2, 0.25) is 0 Å². The molecular weight excluding hydrogens is 338 g/mol. The van der Waals surface area contributed by atoms with Gasteiger partial charge in [0.05, 0.1) is 19.0 Å². The van der Waals surface area contributed by atoms with Gasteiger partial charge in [0.25, 0.3) is 0 Å². The third kappa shape index (κ3) is 6.32. The van der Waals surface area contributed by atoms with Crippen LogP contribution in [0.3, 0.4) is 0 Å². The molecule has 1 unspecified atom stereocenters. The highest BCUT2D eigenvalue weighted by atomic mass is 16.5. The van der Waals surface area contributed by atoms with Gasteiger partial charge in [-0.15, -0.1) is 0 Å². The molecule has 0 bridgehead atoms. The maximum atomic E-state index is 10.3. The van der Waals surface area contributed by atoms with Crippen molar-refractivity contribution in [2.75, 3.05) is 19.7 Å². The van der Waals surface area contributed by atoms with E-state index in [9.17, 15) is 5.11 Å². The van der Waals surface area contributed by atoms with Crippen LogP contribution in [0.1, 0.15) is 23.7 Å². The van der Waals surface area contributed by atoms with Gasteiger partial charge in [0.2, 0.25) is 0 Å². The minimum absolute atomic E-state index is 0.178. The third-order valence-electron chi connectivity index (χ3n) is 4.37. The molecule has 5 heteroatoms. The molecule has 3 rings (SSSR count). The molecule has 27 heavy (non-hydrogen) atoms. The van der Waals surface area contributed by atoms with Crippen LogP contribution in [0.5, 0.6) is 0 Å². The van der Waals surface area contributed by atoms with E-state index < -0.39 is 6.10 Å². The predicted octanol–water partition coefficient (Wildman–Crippen LogP) is 3.03. The van der Waals surface area contributed by atoms with Gasteiger partial charge in [0, 0.05) is 25.5 Å². The van der Waals surface area contributed by atoms with Crippen molar-refractivity contribution in [3.05, 3.63) is 90.5 Å². The first kappa shape index (κ1) is 19.3. The van der Waals surface area contributed by atoms with Crippen molar-refractivity contribution in [1.82, 2.24) is 14.9 Å². The van der Waals surface area contributed by atoms with E-state index in [0.717, 1.165) is 30.6 Å². The molecule has 0 aliphatic heterocycles. The van der Waals surface area contributed by atoms with Crippen LogP contribution in [-0.4, -0.2) is 40.5 Å². The molecule has 2 N–H and O–H groups in total. The minimum atomic E-state index is -0.548. The van der Waals surface area contributed by atoms with Crippen molar-refractivity contribution >= 4 is 0 Å². The number of ether oxygens (including phenoxy) is 1. The Morgan fingerprint density at radius 1 is 1.00 bits per heavy atom. The summed E-state index contributed by atoms with van der Waals surface area (Å²) in [6, 6.07) is 20.2. The van der Waals surface area contributed by atoms with Gasteiger partial charge in [-0.3, -0.25) is 0 Å². The fourth-order valence-corrected chi connectivity index (χ4v) is 2.98. The first-order valence-electron chi connectivity index (χ1n) is 9.39. The predicted molar refractivity (Wildman–Crippen MR) is 106 cm³/mol. The number of aliphatic hydroxyl groups excluding tert-OH is 1. The Labute approximate surface area is 160 Å². The molecule has 0 aliphatic carbocycles. The molecular formula is C22H27N3O2. The summed E-state index contributed by atoms with van der Waals surface area (Å²) >= 11 is 0. The van der Waals surface area contributed by atoms with Gasteiger partial charge < -0.3 is 19.7 Å². The van der Waals surface area contributed by atoms with E-state index >= 15 is 0 Å². The number of imidazole rings is 1. The molecule has 2 aromatic carbocycles. The van der Waals surface area contributed by atoms with Crippen LogP contribution in [0.15, 0.2) is 79.4 Å². The van der Waals surface area contributed by atoms with E-state index in [1.54, 1.807) is 6.20 Å². The van der Waals surface area contributed by atoms with Crippen LogP contribution in [0.25, 0.3) is 0 Å². The highest BCUT2D eigenvalue weighted by Gasteiger charge is 2.16. The summed E-state index contributed by atoms with van der Waals surface area (Å²) in [5.41, 5.74) is 2.17. The fraction of sp³-hybridized carbons (Fsp3) is 0.318. The summed E-state index contributed by atoms with van der Waals surface area (Å²) in [6.45, 7) is 2.56. The van der Waals surface area contributed by atoms with Crippen molar-refractivity contribution in [1.29, 1.82) is 0 Å². The van der Waals surface area contributed by atoms with Gasteiger partial charge in [-0.25, -0.2) is 4.98 Å². The highest BCUT2D eigenvalue weighted by molar-refractivity contribution is 5.29. The Bertz CT molecular complexity index is 708. The zero-order valence-corrected chi connectivity index (χ0v) is 15.4. The second kappa shape index (κ2) is 10.6. The molecule has 0 spiro atoms. The van der Waals surface area contributed by atoms with Gasteiger partial charge in [0.15, 0.2) is 0 Å². The maximum Gasteiger partial charge on any atom is 0.108 e. The number of aliphatic hydroxyl groups is 1. The number of rotatable bonds is 11. The zero-order chi connectivity index (χ0) is 18.7. The number of aryl methyl sites for hydroxylation is 1. The number of aromatic nitrogens is 2. The normalized spacial score (nSPS) is 12.4. The van der Waals surface area contributed by atoms with Gasteiger partial charge in [0.1, 0.15) is 6.10 Å². The van der Waals surface area contributed by atoms with Gasteiger partial charge in [-0.1, -0.05) is 60.7 Å². The van der Waals surface area contributed by atoms with E-state index in [2.05, 4.69) is 34.6 Å². The second-order valence-corrected chi connectivity index (χ2v) is 6.55. The number of benzene rings is 2. The Balaban J connectivity index is 1.44. The molecule has 0 aliphatic rings. The van der Waals surface area contributed by atoms with Crippen molar-refractivity contribution in [2.45, 2.75) is 25.2 Å². The Kier molecular flexibility index (Phi) is 7.59. The third-order valence-corrected chi connectivity index (χ3v) is 4.37. The average Bonchev–Trinajstić information content (AvgIpc) is 3.23. The molecule has 0 saturated heterocycles. The van der Waals surface area contributed by atoms with Crippen LogP contribution < -0.4 is 5.32 Å². The first-order chi connectivity index (χ1) is 13.3. The van der Waals surface area contributed by atoms with E-state index in [-0.39, 0.29) is 12.7 Å². The number of nitrogens with one attached hydrogen (secondary N) is 1. The van der Waals surface area contributed by atoms with E-state index in [0.29, 0.717) is 6.54 Å². The molecule has 1 aromatic heterocycles. The SMILES string of the molecule is OC(CNCCCn1ccnc1)COC(c1ccccc1)c1ccccc1. The topological polar surface area (TPSA) is 59.3 Å². The standard InChI is InChI=1S/C22H27N3O2/c26-21(16-23-12-7-14-25-15-13-24-18-25)17-27-22(19-8-3-1-4-9-19)20-10-5-2-6-11-20/h1-6,8-11,13,15,18,21-23,26H,7,12,14,16-17H2. The number of hydrogen-bond donors (Lipinski definition) is 2. The summed E-state index contributed by atoms with van der Waals surface area (Å²) < 4.78 is 8.14. The van der Waals surface area contributed by atoms with Crippen molar-refractivity contribution in [3.63, 3.8) is 0 Å². The van der Waals surface area contributed by atoms with Gasteiger partial charge in [-0.05, 0) is 24.1 Å². The molecule has 0 saturated carbocycles. The summed E-state index contributed by atoms with van der Waals surface area (Å²) in [4.78, 5) is 4.03. The van der Waals surface area contributed by atoms with Crippen LogP contribution in [0, 0.1) is 0 Å². The molecule has 142 valence electrons. The first-order valence-corrected chi connectivity index (χ1v) is 9.39. The number of nitrogens with zero attached hydrogens (tertiary/aromatic N) is 2. The van der Waals surface area contributed by atoms with E-state index in [1.807, 2.05) is 53.5 Å². The van der Waals surface area contributed by atoms with Gasteiger partial charge in [-0.2, -0.15) is 0 Å². The summed E-state index contributed by atoms with van der Waals surface area (Å²) in [6.07, 6.45) is 5.81. The van der Waals surface area contributed by atoms with Crippen molar-refractivity contribution < 1.29 is 9.84 Å². The van der Waals surface area contributed by atoms with Gasteiger partial charge >= 0.3 is 0 Å². The summed E-state index contributed by atoms with van der Waals surface area (Å²) in [5, 5.41) is 13.6. The average molecular weight is 365 g/mol. The molecule has 5 nitrogen and oxygen atoms in total. The zero-order valence-electron chi connectivity index (χ0n) is 15.4. The van der Waals surface area contributed by atoms with E-state index in [4.69, 9.17) is 4.74 Å². The van der Waals surface area contributed by atoms with Crippen molar-refractivity contribution in [2.24, 2.45) is 0 Å². The largest absolute Gasteiger partial charge is 0.389 e. The molecule has 0 fully saturated rings. The van der Waals surface area contributed by atoms with Crippen molar-refractivity contribution in [3.8, 4) is 0 Å². The summed E-state index contributed by atoms with van der Waals surface area (Å²) in [5.74, 6) is 0. The maximum absolute atomic E-state index is 10.3. The van der Waals surface area contributed by atoms with E-state index in [1.165, 1.54) is 0 Å². The Morgan fingerprint density at radius 2 is 1.67 bits per heavy atom. The molecule has 1 heterocycles. The fourth-order valence-electron chi connectivity index (χ4n) is 2.98. The van der Waals surface area contributed by atoms with Crippen LogP contribution in [-0.2, 0) is 11.3 Å². The lowest BCUT2D eigenvalue weighted by Crippen LogP contribution is -2.32. The molecule has 1 atom stereocenters. The smallest absolute Gasteiger partial charge is 0.108 e. The monoisotopic (exact) mass is 365 g/mol. The lowest BCUT2D eigenvalue weighted by molar-refractivity contribution is 0.00664. The lowest BCUT2D eigenvalue weighted by Gasteiger charge is -2.21.